The van der Waals surface area contributed by atoms with Gasteiger partial charge in [-0.1, -0.05) is 38.3 Å². The van der Waals surface area contributed by atoms with Crippen molar-refractivity contribution in [3.05, 3.63) is 12.2 Å². The summed E-state index contributed by atoms with van der Waals surface area (Å²) in [6, 6.07) is 2.45. The predicted octanol–water partition coefficient (Wildman–Crippen LogP) is 3.23. The molecule has 0 aliphatic heterocycles. The summed E-state index contributed by atoms with van der Waals surface area (Å²) in [6.45, 7) is 17.0. The Bertz CT molecular complexity index is 383. The number of ether oxygens (including phenoxy) is 4. The third-order valence-electron chi connectivity index (χ3n) is 5.26. The molecule has 0 spiro atoms. The summed E-state index contributed by atoms with van der Waals surface area (Å²) in [6.07, 6.45) is 7.29. The molecule has 0 amide bonds. The lowest BCUT2D eigenvalue weighted by Crippen LogP contribution is -2.45. The highest BCUT2D eigenvalue weighted by Gasteiger charge is 2.24. The van der Waals surface area contributed by atoms with Crippen LogP contribution in [0.3, 0.4) is 0 Å². The zero-order valence-corrected chi connectivity index (χ0v) is 23.2. The van der Waals surface area contributed by atoms with Gasteiger partial charge in [0, 0.05) is 54.6 Å². The molecule has 0 atom stereocenters. The highest BCUT2D eigenvalue weighted by molar-refractivity contribution is 6.78. The van der Waals surface area contributed by atoms with Crippen LogP contribution >= 0.6 is 0 Å². The highest BCUT2D eigenvalue weighted by Crippen LogP contribution is 2.16. The monoisotopic (exact) mass is 462 g/mol. The molecular weight excluding hydrogens is 412 g/mol. The zero-order chi connectivity index (χ0) is 22.9. The van der Waals surface area contributed by atoms with Crippen LogP contribution in [0.15, 0.2) is 12.2 Å². The molecule has 180 valence electrons. The van der Waals surface area contributed by atoms with Gasteiger partial charge in [-0.25, -0.2) is 0 Å². The largest absolute Gasteiger partial charge is 0.383 e. The molecule has 6 nitrogen and oxygen atoms in total. The maximum Gasteiger partial charge on any atom is 0.0666 e. The normalized spacial score (nSPS) is 13.3. The van der Waals surface area contributed by atoms with E-state index >= 15 is 0 Å². The second-order valence-corrected chi connectivity index (χ2v) is 19.8. The van der Waals surface area contributed by atoms with Crippen molar-refractivity contribution >= 4 is 16.1 Å². The topological polar surface area (TPSA) is 43.4 Å². The Hall–Kier alpha value is -0.0662. The second kappa shape index (κ2) is 17.5. The van der Waals surface area contributed by atoms with Gasteiger partial charge in [-0.2, -0.15) is 0 Å². The summed E-state index contributed by atoms with van der Waals surface area (Å²) < 4.78 is 21.1. The van der Waals surface area contributed by atoms with Crippen LogP contribution in [0.1, 0.15) is 0 Å². The molecule has 30 heavy (non-hydrogen) atoms. The van der Waals surface area contributed by atoms with E-state index in [1.54, 1.807) is 28.4 Å². The number of nitrogens with zero attached hydrogens (tertiary/aromatic N) is 2. The number of methoxy groups -OCH3 is 4. The SMILES string of the molecule is COCCN(CCOC)C[Si](C)(C)C/C=C/C[Si](C)(C)CN(CCOC)CCOC. The first-order valence-electron chi connectivity index (χ1n) is 11.2. The molecule has 0 radical (unpaired) electrons. The maximum absolute atomic E-state index is 5.29. The second-order valence-electron chi connectivity index (χ2n) is 9.73. The van der Waals surface area contributed by atoms with E-state index in [0.717, 1.165) is 52.6 Å². The van der Waals surface area contributed by atoms with Crippen LogP contribution in [-0.4, -0.2) is 119 Å². The van der Waals surface area contributed by atoms with Crippen molar-refractivity contribution in [3.63, 3.8) is 0 Å². The smallest absolute Gasteiger partial charge is 0.0666 e. The van der Waals surface area contributed by atoms with Crippen molar-refractivity contribution in [2.24, 2.45) is 0 Å². The highest BCUT2D eigenvalue weighted by atomic mass is 28.3. The Morgan fingerprint density at radius 3 is 1.03 bits per heavy atom. The Morgan fingerprint density at radius 2 is 0.800 bits per heavy atom. The summed E-state index contributed by atoms with van der Waals surface area (Å²) in [5, 5.41) is 0. The molecule has 0 heterocycles. The van der Waals surface area contributed by atoms with E-state index in [-0.39, 0.29) is 0 Å². The maximum atomic E-state index is 5.29. The van der Waals surface area contributed by atoms with Gasteiger partial charge in [-0.3, -0.25) is 0 Å². The molecule has 0 aliphatic carbocycles. The first-order valence-corrected chi connectivity index (χ1v) is 18.1. The van der Waals surface area contributed by atoms with Gasteiger partial charge in [-0.05, 0) is 24.4 Å². The molecule has 0 aromatic rings. The lowest BCUT2D eigenvalue weighted by atomic mass is 10.5. The van der Waals surface area contributed by atoms with E-state index in [0.29, 0.717) is 0 Å². The average Bonchev–Trinajstić information content (AvgIpc) is 2.69. The van der Waals surface area contributed by atoms with E-state index in [1.165, 1.54) is 24.4 Å². The van der Waals surface area contributed by atoms with Crippen LogP contribution in [0, 0.1) is 0 Å². The Morgan fingerprint density at radius 1 is 0.533 bits per heavy atom. The van der Waals surface area contributed by atoms with Gasteiger partial charge >= 0.3 is 0 Å². The molecule has 0 fully saturated rings. The molecular formula is C22H50N2O4Si2. The van der Waals surface area contributed by atoms with Crippen molar-refractivity contribution in [2.75, 3.05) is 93.4 Å². The number of hydrogen-bond donors (Lipinski definition) is 0. The van der Waals surface area contributed by atoms with Crippen LogP contribution in [0.4, 0.5) is 0 Å². The first-order chi connectivity index (χ1) is 14.2. The van der Waals surface area contributed by atoms with Gasteiger partial charge in [0.2, 0.25) is 0 Å². The molecule has 0 saturated heterocycles. The van der Waals surface area contributed by atoms with Crippen LogP contribution in [-0.2, 0) is 18.9 Å². The van der Waals surface area contributed by atoms with E-state index in [1.807, 2.05) is 0 Å². The average molecular weight is 463 g/mol. The Balaban J connectivity index is 4.59. The van der Waals surface area contributed by atoms with E-state index < -0.39 is 16.1 Å². The summed E-state index contributed by atoms with van der Waals surface area (Å²) in [5.41, 5.74) is 0. The van der Waals surface area contributed by atoms with Crippen molar-refractivity contribution in [3.8, 4) is 0 Å². The predicted molar refractivity (Wildman–Crippen MR) is 134 cm³/mol. The molecule has 0 rings (SSSR count). The minimum atomic E-state index is -1.33. The van der Waals surface area contributed by atoms with Crippen LogP contribution in [0.5, 0.6) is 0 Å². The molecule has 0 bridgehead atoms. The van der Waals surface area contributed by atoms with Crippen molar-refractivity contribution < 1.29 is 18.9 Å². The van der Waals surface area contributed by atoms with Crippen LogP contribution in [0.2, 0.25) is 38.3 Å². The van der Waals surface area contributed by atoms with Gasteiger partial charge in [0.05, 0.1) is 42.6 Å². The summed E-state index contributed by atoms with van der Waals surface area (Å²) in [7, 11) is 4.44. The molecule has 8 heteroatoms. The van der Waals surface area contributed by atoms with E-state index in [2.05, 4.69) is 48.1 Å². The van der Waals surface area contributed by atoms with Gasteiger partial charge in [0.15, 0.2) is 0 Å². The fraction of sp³-hybridized carbons (Fsp3) is 0.909. The number of allylic oxidation sites excluding steroid dienone is 2. The van der Waals surface area contributed by atoms with E-state index in [4.69, 9.17) is 18.9 Å². The number of hydrogen-bond acceptors (Lipinski definition) is 6. The van der Waals surface area contributed by atoms with Gasteiger partial charge in [0.1, 0.15) is 0 Å². The molecule has 0 N–H and O–H groups in total. The summed E-state index contributed by atoms with van der Waals surface area (Å²) in [5.74, 6) is 0. The molecule has 0 aromatic heterocycles. The third kappa shape index (κ3) is 16.6. The van der Waals surface area contributed by atoms with Crippen molar-refractivity contribution in [1.29, 1.82) is 0 Å². The fourth-order valence-corrected chi connectivity index (χ4v) is 8.49. The minimum Gasteiger partial charge on any atom is -0.383 e. The fourth-order valence-electron chi connectivity index (χ4n) is 3.57. The lowest BCUT2D eigenvalue weighted by Gasteiger charge is -2.31. The molecule has 0 aromatic carbocycles. The molecule has 0 saturated carbocycles. The number of rotatable bonds is 20. The summed E-state index contributed by atoms with van der Waals surface area (Å²) >= 11 is 0. The third-order valence-corrected chi connectivity index (χ3v) is 10.5. The van der Waals surface area contributed by atoms with Crippen LogP contribution < -0.4 is 0 Å². The quantitative estimate of drug-likeness (QED) is 0.204. The van der Waals surface area contributed by atoms with Crippen molar-refractivity contribution in [2.45, 2.75) is 38.3 Å². The Labute approximate surface area is 188 Å². The van der Waals surface area contributed by atoms with Crippen molar-refractivity contribution in [1.82, 2.24) is 9.80 Å². The molecule has 0 unspecified atom stereocenters. The Kier molecular flexibility index (Phi) is 17.4. The lowest BCUT2D eigenvalue weighted by molar-refractivity contribution is 0.123. The minimum absolute atomic E-state index is 0.784. The van der Waals surface area contributed by atoms with Gasteiger partial charge in [-0.15, -0.1) is 0 Å². The van der Waals surface area contributed by atoms with Gasteiger partial charge < -0.3 is 28.7 Å². The summed E-state index contributed by atoms with van der Waals surface area (Å²) in [4.78, 5) is 5.02. The van der Waals surface area contributed by atoms with Crippen LogP contribution in [0.25, 0.3) is 0 Å². The van der Waals surface area contributed by atoms with Gasteiger partial charge in [0.25, 0.3) is 0 Å². The zero-order valence-electron chi connectivity index (χ0n) is 21.2. The van der Waals surface area contributed by atoms with E-state index in [9.17, 15) is 0 Å². The molecule has 0 aliphatic rings. The first kappa shape index (κ1) is 29.9. The standard InChI is InChI=1S/C22H50N2O4Si2/c1-25-15-11-23(12-16-26-2)21-29(5,6)19-9-10-20-30(7,8)22-24(13-17-27-3)14-18-28-4/h9-10H,11-22H2,1-8H3/b10-9+.